The van der Waals surface area contributed by atoms with Gasteiger partial charge < -0.3 is 14.6 Å². The molecule has 1 N–H and O–H groups in total. The molecule has 0 unspecified atom stereocenters. The van der Waals surface area contributed by atoms with Gasteiger partial charge in [0.1, 0.15) is 0 Å². The highest BCUT2D eigenvalue weighted by Crippen LogP contribution is 2.27. The van der Waals surface area contributed by atoms with Crippen LogP contribution >= 0.6 is 0 Å². The molecule has 1 heterocycles. The zero-order chi connectivity index (χ0) is 19.4. The fraction of sp³-hybridized carbons (Fsp3) is 0.167. The number of nitro benzene ring substituents is 1. The third kappa shape index (κ3) is 4.09. The quantitative estimate of drug-likeness (QED) is 0.524. The fourth-order valence-electron chi connectivity index (χ4n) is 2.37. The molecule has 27 heavy (non-hydrogen) atoms. The average Bonchev–Trinajstić information content (AvgIpc) is 3.15. The van der Waals surface area contributed by atoms with E-state index in [1.807, 2.05) is 31.2 Å². The van der Waals surface area contributed by atoms with E-state index in [0.29, 0.717) is 11.7 Å². The van der Waals surface area contributed by atoms with Crippen LogP contribution in [0.25, 0.3) is 11.5 Å². The van der Waals surface area contributed by atoms with E-state index in [4.69, 9.17) is 9.26 Å². The summed E-state index contributed by atoms with van der Waals surface area (Å²) in [4.78, 5) is 26.9. The summed E-state index contributed by atoms with van der Waals surface area (Å²) in [6.07, 6.45) is 0. The van der Waals surface area contributed by atoms with Gasteiger partial charge in [-0.1, -0.05) is 22.9 Å². The molecule has 0 saturated carbocycles. The number of nitrogens with zero attached hydrogens (tertiary/aromatic N) is 3. The molecule has 0 aliphatic heterocycles. The average molecular weight is 368 g/mol. The molecular weight excluding hydrogens is 352 g/mol. The topological polar surface area (TPSA) is 120 Å². The first-order valence-electron chi connectivity index (χ1n) is 7.98. The summed E-state index contributed by atoms with van der Waals surface area (Å²) in [5.74, 6) is 0.223. The van der Waals surface area contributed by atoms with E-state index in [2.05, 4.69) is 15.5 Å². The van der Waals surface area contributed by atoms with E-state index in [-0.39, 0.29) is 23.5 Å². The van der Waals surface area contributed by atoms with Gasteiger partial charge in [-0.3, -0.25) is 14.9 Å². The highest BCUT2D eigenvalue weighted by Gasteiger charge is 2.18. The summed E-state index contributed by atoms with van der Waals surface area (Å²) in [5.41, 5.74) is 1.73. The second kappa shape index (κ2) is 7.65. The number of hydrogen-bond acceptors (Lipinski definition) is 7. The highest BCUT2D eigenvalue weighted by atomic mass is 16.6. The van der Waals surface area contributed by atoms with Gasteiger partial charge in [-0.2, -0.15) is 4.98 Å². The maximum Gasteiger partial charge on any atom is 0.311 e. The van der Waals surface area contributed by atoms with Crippen LogP contribution in [0, 0.1) is 17.0 Å². The third-order valence-electron chi connectivity index (χ3n) is 3.81. The lowest BCUT2D eigenvalue weighted by Gasteiger charge is -2.05. The van der Waals surface area contributed by atoms with Crippen molar-refractivity contribution >= 4 is 11.6 Å². The van der Waals surface area contributed by atoms with Crippen LogP contribution in [0.5, 0.6) is 5.75 Å². The summed E-state index contributed by atoms with van der Waals surface area (Å²) in [6, 6.07) is 11.5. The van der Waals surface area contributed by atoms with E-state index in [1.54, 1.807) is 0 Å². The molecule has 1 aromatic heterocycles. The maximum atomic E-state index is 12.2. The molecule has 0 atom stereocenters. The number of amides is 1. The number of carbonyl (C=O) groups excluding carboxylic acids is 1. The Morgan fingerprint density at radius 2 is 2.00 bits per heavy atom. The van der Waals surface area contributed by atoms with Crippen molar-refractivity contribution in [2.24, 2.45) is 0 Å². The van der Waals surface area contributed by atoms with E-state index in [1.165, 1.54) is 19.2 Å². The standard InChI is InChI=1S/C18H16N4O5/c1-11-3-5-12(6-4-11)18-20-16(21-27-18)10-19-17(23)13-7-8-15(26-2)14(9-13)22(24)25/h3-9H,10H2,1-2H3,(H,19,23). The minimum Gasteiger partial charge on any atom is -0.490 e. The highest BCUT2D eigenvalue weighted by molar-refractivity contribution is 5.95. The van der Waals surface area contributed by atoms with Crippen LogP contribution < -0.4 is 10.1 Å². The van der Waals surface area contributed by atoms with Crippen molar-refractivity contribution in [3.63, 3.8) is 0 Å². The third-order valence-corrected chi connectivity index (χ3v) is 3.81. The molecule has 0 bridgehead atoms. The van der Waals surface area contributed by atoms with E-state index in [0.717, 1.165) is 17.2 Å². The van der Waals surface area contributed by atoms with Crippen molar-refractivity contribution in [2.45, 2.75) is 13.5 Å². The number of aromatic nitrogens is 2. The maximum absolute atomic E-state index is 12.2. The smallest absolute Gasteiger partial charge is 0.311 e. The van der Waals surface area contributed by atoms with Gasteiger partial charge in [0.25, 0.3) is 11.8 Å². The summed E-state index contributed by atoms with van der Waals surface area (Å²) in [7, 11) is 1.32. The van der Waals surface area contributed by atoms with Crippen molar-refractivity contribution in [3.05, 3.63) is 69.5 Å². The summed E-state index contributed by atoms with van der Waals surface area (Å²) >= 11 is 0. The minimum atomic E-state index is -0.608. The van der Waals surface area contributed by atoms with E-state index < -0.39 is 10.8 Å². The Labute approximate surface area is 154 Å². The summed E-state index contributed by atoms with van der Waals surface area (Å²) in [5, 5.41) is 17.5. The van der Waals surface area contributed by atoms with Crippen LogP contribution in [0.15, 0.2) is 47.0 Å². The number of methoxy groups -OCH3 is 1. The minimum absolute atomic E-state index is 0.0218. The Morgan fingerprint density at radius 3 is 2.67 bits per heavy atom. The molecule has 0 spiro atoms. The van der Waals surface area contributed by atoms with Gasteiger partial charge in [0.05, 0.1) is 18.6 Å². The van der Waals surface area contributed by atoms with Gasteiger partial charge in [-0.25, -0.2) is 0 Å². The first-order valence-corrected chi connectivity index (χ1v) is 7.98. The zero-order valence-electron chi connectivity index (χ0n) is 14.6. The zero-order valence-corrected chi connectivity index (χ0v) is 14.6. The molecule has 3 rings (SSSR count). The van der Waals surface area contributed by atoms with Crippen molar-refractivity contribution in [3.8, 4) is 17.2 Å². The molecular formula is C18H16N4O5. The molecule has 9 nitrogen and oxygen atoms in total. The van der Waals surface area contributed by atoms with E-state index in [9.17, 15) is 14.9 Å². The van der Waals surface area contributed by atoms with Gasteiger partial charge in [0.2, 0.25) is 0 Å². The van der Waals surface area contributed by atoms with Gasteiger partial charge in [0, 0.05) is 17.2 Å². The van der Waals surface area contributed by atoms with Crippen LogP contribution in [-0.2, 0) is 6.54 Å². The lowest BCUT2D eigenvalue weighted by Crippen LogP contribution is -2.23. The number of hydrogen-bond donors (Lipinski definition) is 1. The van der Waals surface area contributed by atoms with Crippen LogP contribution in [0.2, 0.25) is 0 Å². The molecule has 2 aromatic carbocycles. The first-order chi connectivity index (χ1) is 13.0. The monoisotopic (exact) mass is 368 g/mol. The molecule has 0 aliphatic carbocycles. The Hall–Kier alpha value is -3.75. The molecule has 0 fully saturated rings. The van der Waals surface area contributed by atoms with Gasteiger partial charge >= 0.3 is 5.69 Å². The summed E-state index contributed by atoms with van der Waals surface area (Å²) in [6.45, 7) is 2.00. The molecule has 0 radical (unpaired) electrons. The number of nitro groups is 1. The number of rotatable bonds is 6. The molecule has 138 valence electrons. The first kappa shape index (κ1) is 18.1. The van der Waals surface area contributed by atoms with Gasteiger partial charge in [0.15, 0.2) is 11.6 Å². The van der Waals surface area contributed by atoms with Crippen molar-refractivity contribution < 1.29 is 19.0 Å². The number of carbonyl (C=O) groups is 1. The van der Waals surface area contributed by atoms with Crippen LogP contribution in [0.3, 0.4) is 0 Å². The number of ether oxygens (including phenoxy) is 1. The molecule has 9 heteroatoms. The largest absolute Gasteiger partial charge is 0.490 e. The molecule has 0 saturated heterocycles. The predicted octanol–water partition coefficient (Wildman–Crippen LogP) is 2.89. The normalized spacial score (nSPS) is 10.4. The second-order valence-electron chi connectivity index (χ2n) is 5.71. The van der Waals surface area contributed by atoms with Crippen molar-refractivity contribution in [1.29, 1.82) is 0 Å². The van der Waals surface area contributed by atoms with Crippen molar-refractivity contribution in [2.75, 3.05) is 7.11 Å². The number of benzene rings is 2. The SMILES string of the molecule is COc1ccc(C(=O)NCc2noc(-c3ccc(C)cc3)n2)cc1[N+](=O)[O-]. The van der Waals surface area contributed by atoms with Gasteiger partial charge in [-0.05, 0) is 31.2 Å². The lowest BCUT2D eigenvalue weighted by molar-refractivity contribution is -0.385. The van der Waals surface area contributed by atoms with E-state index >= 15 is 0 Å². The molecule has 1 amide bonds. The van der Waals surface area contributed by atoms with Crippen LogP contribution in [0.4, 0.5) is 5.69 Å². The number of aryl methyl sites for hydroxylation is 1. The molecule has 3 aromatic rings. The van der Waals surface area contributed by atoms with Crippen molar-refractivity contribution in [1.82, 2.24) is 15.5 Å². The Kier molecular flexibility index (Phi) is 5.11. The van der Waals surface area contributed by atoms with Crippen LogP contribution in [0.1, 0.15) is 21.7 Å². The lowest BCUT2D eigenvalue weighted by atomic mass is 10.1. The molecule has 0 aliphatic rings. The Bertz CT molecular complexity index is 982. The predicted molar refractivity (Wildman–Crippen MR) is 95.3 cm³/mol. The number of nitrogens with one attached hydrogen (secondary N) is 1. The fourth-order valence-corrected chi connectivity index (χ4v) is 2.37. The van der Waals surface area contributed by atoms with Crippen LogP contribution in [-0.4, -0.2) is 28.1 Å². The second-order valence-corrected chi connectivity index (χ2v) is 5.71. The Morgan fingerprint density at radius 1 is 1.26 bits per heavy atom. The van der Waals surface area contributed by atoms with Gasteiger partial charge in [-0.15, -0.1) is 0 Å². The summed E-state index contributed by atoms with van der Waals surface area (Å²) < 4.78 is 10.1. The Balaban J connectivity index is 1.68.